The summed E-state index contributed by atoms with van der Waals surface area (Å²) in [4.78, 5) is 23.8. The molecule has 3 aromatic rings. The molecule has 0 fully saturated rings. The molecule has 1 heterocycles. The molecule has 0 unspecified atom stereocenters. The minimum Gasteiger partial charge on any atom is -0.386 e. The standard InChI is InChI=1S/C19H18FN5O3/c20-15-9-5-4-8-14(15)16(26)10-21-18(27)19(28)22-17-12-25(24-23-17)11-13-6-2-1-3-7-13/h1-9,12,16,26H,10-11H2,(H,21,27)(H,22,28)/t16-/m1/s1. The molecule has 0 aliphatic heterocycles. The summed E-state index contributed by atoms with van der Waals surface area (Å²) in [7, 11) is 0. The van der Waals surface area contributed by atoms with Gasteiger partial charge in [-0.2, -0.15) is 0 Å². The van der Waals surface area contributed by atoms with Gasteiger partial charge in [-0.1, -0.05) is 53.7 Å². The number of benzene rings is 2. The lowest BCUT2D eigenvalue weighted by atomic mass is 10.1. The van der Waals surface area contributed by atoms with Crippen LogP contribution in [0.4, 0.5) is 10.2 Å². The zero-order valence-corrected chi connectivity index (χ0v) is 14.7. The van der Waals surface area contributed by atoms with Gasteiger partial charge in [-0.15, -0.1) is 5.10 Å². The summed E-state index contributed by atoms with van der Waals surface area (Å²) < 4.78 is 15.1. The van der Waals surface area contributed by atoms with Crippen molar-refractivity contribution >= 4 is 17.6 Å². The summed E-state index contributed by atoms with van der Waals surface area (Å²) in [6.07, 6.45) is 0.219. The van der Waals surface area contributed by atoms with Crippen LogP contribution in [0.5, 0.6) is 0 Å². The molecule has 0 saturated heterocycles. The predicted octanol–water partition coefficient (Wildman–Crippen LogP) is 1.25. The van der Waals surface area contributed by atoms with Crippen LogP contribution in [0.2, 0.25) is 0 Å². The van der Waals surface area contributed by atoms with Gasteiger partial charge in [-0.3, -0.25) is 14.9 Å². The second-order valence-electron chi connectivity index (χ2n) is 5.99. The Kier molecular flexibility index (Phi) is 6.07. The highest BCUT2D eigenvalue weighted by Gasteiger charge is 2.18. The Bertz CT molecular complexity index is 961. The molecule has 3 N–H and O–H groups in total. The van der Waals surface area contributed by atoms with Crippen molar-refractivity contribution in [2.75, 3.05) is 11.9 Å². The van der Waals surface area contributed by atoms with Crippen LogP contribution >= 0.6 is 0 Å². The summed E-state index contributed by atoms with van der Waals surface area (Å²) in [6, 6.07) is 15.2. The monoisotopic (exact) mass is 383 g/mol. The molecular formula is C19H18FN5O3. The van der Waals surface area contributed by atoms with Gasteiger partial charge in [0, 0.05) is 12.1 Å². The zero-order valence-electron chi connectivity index (χ0n) is 14.7. The summed E-state index contributed by atoms with van der Waals surface area (Å²) in [5.41, 5.74) is 1.04. The fourth-order valence-electron chi connectivity index (χ4n) is 2.50. The summed E-state index contributed by atoms with van der Waals surface area (Å²) in [5, 5.41) is 22.2. The molecular weight excluding hydrogens is 365 g/mol. The van der Waals surface area contributed by atoms with E-state index in [1.807, 2.05) is 30.3 Å². The van der Waals surface area contributed by atoms with Gasteiger partial charge in [0.05, 0.1) is 18.8 Å². The molecule has 2 amide bonds. The number of halogens is 1. The van der Waals surface area contributed by atoms with Crippen molar-refractivity contribution < 1.29 is 19.1 Å². The Morgan fingerprint density at radius 2 is 1.79 bits per heavy atom. The van der Waals surface area contributed by atoms with E-state index in [0.29, 0.717) is 6.54 Å². The molecule has 0 bridgehead atoms. The molecule has 0 spiro atoms. The first-order valence-electron chi connectivity index (χ1n) is 8.48. The van der Waals surface area contributed by atoms with E-state index in [0.717, 1.165) is 5.56 Å². The predicted molar refractivity (Wildman–Crippen MR) is 98.6 cm³/mol. The molecule has 144 valence electrons. The zero-order chi connectivity index (χ0) is 19.9. The molecule has 9 heteroatoms. The van der Waals surface area contributed by atoms with Gasteiger partial charge in [0.1, 0.15) is 5.82 Å². The Labute approximate surface area is 160 Å². The van der Waals surface area contributed by atoms with Gasteiger partial charge >= 0.3 is 11.8 Å². The quantitative estimate of drug-likeness (QED) is 0.555. The van der Waals surface area contributed by atoms with Gasteiger partial charge in [-0.05, 0) is 11.6 Å². The first kappa shape index (κ1) is 19.2. The van der Waals surface area contributed by atoms with Crippen LogP contribution in [-0.2, 0) is 16.1 Å². The maximum Gasteiger partial charge on any atom is 0.314 e. The van der Waals surface area contributed by atoms with Crippen molar-refractivity contribution in [3.05, 3.63) is 77.7 Å². The first-order chi connectivity index (χ1) is 13.5. The van der Waals surface area contributed by atoms with E-state index in [9.17, 15) is 19.1 Å². The van der Waals surface area contributed by atoms with Crippen molar-refractivity contribution in [3.63, 3.8) is 0 Å². The number of carbonyl (C=O) groups is 2. The van der Waals surface area contributed by atoms with Gasteiger partial charge < -0.3 is 10.4 Å². The van der Waals surface area contributed by atoms with E-state index in [4.69, 9.17) is 0 Å². The highest BCUT2D eigenvalue weighted by Crippen LogP contribution is 2.15. The van der Waals surface area contributed by atoms with Crippen LogP contribution in [0, 0.1) is 5.82 Å². The number of aliphatic hydroxyl groups excluding tert-OH is 1. The van der Waals surface area contributed by atoms with Crippen molar-refractivity contribution in [2.24, 2.45) is 0 Å². The smallest absolute Gasteiger partial charge is 0.314 e. The molecule has 28 heavy (non-hydrogen) atoms. The average molecular weight is 383 g/mol. The molecule has 0 saturated carbocycles. The molecule has 1 atom stereocenters. The number of carbonyl (C=O) groups excluding carboxylic acids is 2. The summed E-state index contributed by atoms with van der Waals surface area (Å²) in [5.74, 6) is -2.42. The second-order valence-corrected chi connectivity index (χ2v) is 5.99. The number of nitrogens with one attached hydrogen (secondary N) is 2. The van der Waals surface area contributed by atoms with Gasteiger partial charge in [0.2, 0.25) is 0 Å². The molecule has 0 aliphatic rings. The topological polar surface area (TPSA) is 109 Å². The molecule has 3 rings (SSSR count). The third-order valence-electron chi connectivity index (χ3n) is 3.89. The number of nitrogens with zero attached hydrogens (tertiary/aromatic N) is 3. The number of rotatable bonds is 6. The van der Waals surface area contributed by atoms with Gasteiger partial charge in [0.25, 0.3) is 0 Å². The van der Waals surface area contributed by atoms with Crippen LogP contribution < -0.4 is 10.6 Å². The lowest BCUT2D eigenvalue weighted by Gasteiger charge is -2.12. The van der Waals surface area contributed by atoms with Crippen molar-refractivity contribution in [2.45, 2.75) is 12.6 Å². The SMILES string of the molecule is O=C(NC[C@@H](O)c1ccccc1F)C(=O)Nc1cn(Cc2ccccc2)nn1. The van der Waals surface area contributed by atoms with Gasteiger partial charge in [0.15, 0.2) is 5.82 Å². The lowest BCUT2D eigenvalue weighted by molar-refractivity contribution is -0.136. The Hall–Kier alpha value is -3.59. The lowest BCUT2D eigenvalue weighted by Crippen LogP contribution is -2.37. The van der Waals surface area contributed by atoms with Crippen molar-refractivity contribution in [1.29, 1.82) is 0 Å². The minimum atomic E-state index is -1.27. The molecule has 2 aromatic carbocycles. The van der Waals surface area contributed by atoms with Crippen LogP contribution in [0.3, 0.4) is 0 Å². The van der Waals surface area contributed by atoms with Crippen LogP contribution in [0.1, 0.15) is 17.2 Å². The maximum atomic E-state index is 13.6. The van der Waals surface area contributed by atoms with Gasteiger partial charge in [-0.25, -0.2) is 9.07 Å². The summed E-state index contributed by atoms with van der Waals surface area (Å²) in [6.45, 7) is 0.151. The third kappa shape index (κ3) is 4.98. The number of hydrogen-bond acceptors (Lipinski definition) is 5. The number of anilines is 1. The minimum absolute atomic E-state index is 0.0343. The Morgan fingerprint density at radius 3 is 2.54 bits per heavy atom. The van der Waals surface area contributed by atoms with E-state index in [1.54, 1.807) is 6.07 Å². The van der Waals surface area contributed by atoms with E-state index >= 15 is 0 Å². The van der Waals surface area contributed by atoms with E-state index in [-0.39, 0.29) is 17.9 Å². The summed E-state index contributed by atoms with van der Waals surface area (Å²) >= 11 is 0. The molecule has 1 aromatic heterocycles. The number of aliphatic hydroxyl groups is 1. The van der Waals surface area contributed by atoms with E-state index < -0.39 is 23.7 Å². The highest BCUT2D eigenvalue weighted by molar-refractivity contribution is 6.39. The third-order valence-corrected chi connectivity index (χ3v) is 3.89. The maximum absolute atomic E-state index is 13.6. The Balaban J connectivity index is 1.50. The molecule has 8 nitrogen and oxygen atoms in total. The fourth-order valence-corrected chi connectivity index (χ4v) is 2.50. The number of amides is 2. The molecule has 0 radical (unpaired) electrons. The molecule has 0 aliphatic carbocycles. The first-order valence-corrected chi connectivity index (χ1v) is 8.48. The number of hydrogen-bond donors (Lipinski definition) is 3. The fraction of sp³-hybridized carbons (Fsp3) is 0.158. The van der Waals surface area contributed by atoms with Crippen molar-refractivity contribution in [1.82, 2.24) is 20.3 Å². The van der Waals surface area contributed by atoms with Crippen molar-refractivity contribution in [3.8, 4) is 0 Å². The average Bonchev–Trinajstić information content (AvgIpc) is 3.13. The largest absolute Gasteiger partial charge is 0.386 e. The van der Waals surface area contributed by atoms with E-state index in [1.165, 1.54) is 29.1 Å². The van der Waals surface area contributed by atoms with Crippen LogP contribution in [0.15, 0.2) is 60.8 Å². The second kappa shape index (κ2) is 8.87. The Morgan fingerprint density at radius 1 is 1.07 bits per heavy atom. The number of aromatic nitrogens is 3. The van der Waals surface area contributed by atoms with Crippen LogP contribution in [0.25, 0.3) is 0 Å². The van der Waals surface area contributed by atoms with E-state index in [2.05, 4.69) is 20.9 Å². The van der Waals surface area contributed by atoms with Crippen LogP contribution in [-0.4, -0.2) is 38.5 Å². The highest BCUT2D eigenvalue weighted by atomic mass is 19.1. The normalized spacial score (nSPS) is 11.6.